The van der Waals surface area contributed by atoms with Crippen molar-refractivity contribution in [2.24, 2.45) is 0 Å². The Kier molecular flexibility index (Phi) is 7.96. The summed E-state index contributed by atoms with van der Waals surface area (Å²) in [7, 11) is 0. The molecule has 0 bridgehead atoms. The van der Waals surface area contributed by atoms with Crippen LogP contribution in [-0.4, -0.2) is 47.7 Å². The van der Waals surface area contributed by atoms with Crippen molar-refractivity contribution in [2.45, 2.75) is 32.9 Å². The third-order valence-corrected chi connectivity index (χ3v) is 5.22. The molecule has 2 aromatic carbocycles. The molecular formula is C25H27N3O5. The molecule has 8 heteroatoms. The number of nitrogens with one attached hydrogen (secondary N) is 2. The van der Waals surface area contributed by atoms with Gasteiger partial charge in [-0.05, 0) is 29.7 Å². The zero-order chi connectivity index (χ0) is 23.8. The monoisotopic (exact) mass is 449 g/mol. The van der Waals surface area contributed by atoms with Gasteiger partial charge in [0.2, 0.25) is 11.8 Å². The van der Waals surface area contributed by atoms with Gasteiger partial charge in [0.1, 0.15) is 18.3 Å². The topological polar surface area (TPSA) is 105 Å². The number of carbonyl (C=O) groups excluding carboxylic acids is 4. The molecule has 3 rings (SSSR count). The summed E-state index contributed by atoms with van der Waals surface area (Å²) in [6.45, 7) is 3.72. The largest absolute Gasteiger partial charge is 0.461 e. The van der Waals surface area contributed by atoms with Crippen molar-refractivity contribution in [1.82, 2.24) is 15.5 Å². The predicted molar refractivity (Wildman–Crippen MR) is 122 cm³/mol. The van der Waals surface area contributed by atoms with Gasteiger partial charge in [0.05, 0.1) is 6.42 Å². The summed E-state index contributed by atoms with van der Waals surface area (Å²) in [4.78, 5) is 51.5. The van der Waals surface area contributed by atoms with Crippen LogP contribution in [0.5, 0.6) is 0 Å². The highest BCUT2D eigenvalue weighted by Gasteiger charge is 2.36. The van der Waals surface area contributed by atoms with Gasteiger partial charge in [-0.1, -0.05) is 54.6 Å². The van der Waals surface area contributed by atoms with Crippen LogP contribution < -0.4 is 10.6 Å². The molecule has 1 saturated heterocycles. The van der Waals surface area contributed by atoms with Gasteiger partial charge in [-0.15, -0.1) is 0 Å². The SMILES string of the molecule is CC(=O)N/C(=C/c1ccccc1C)C(=O)N1CCNC(=O)C1CC(=O)OCc1ccccc1. The Morgan fingerprint density at radius 1 is 1.12 bits per heavy atom. The van der Waals surface area contributed by atoms with Crippen LogP contribution in [0.4, 0.5) is 0 Å². The molecule has 0 aromatic heterocycles. The molecule has 1 atom stereocenters. The lowest BCUT2D eigenvalue weighted by atomic mass is 10.1. The number of benzene rings is 2. The smallest absolute Gasteiger partial charge is 0.308 e. The van der Waals surface area contributed by atoms with E-state index in [2.05, 4.69) is 10.6 Å². The number of carbonyl (C=O) groups is 4. The van der Waals surface area contributed by atoms with E-state index in [1.54, 1.807) is 6.08 Å². The van der Waals surface area contributed by atoms with Gasteiger partial charge in [0.25, 0.3) is 5.91 Å². The Bertz CT molecular complexity index is 1060. The molecule has 0 radical (unpaired) electrons. The molecule has 1 heterocycles. The zero-order valence-corrected chi connectivity index (χ0v) is 18.7. The first kappa shape index (κ1) is 23.7. The molecule has 2 N–H and O–H groups in total. The molecule has 0 saturated carbocycles. The molecule has 2 aromatic rings. The van der Waals surface area contributed by atoms with Gasteiger partial charge < -0.3 is 20.3 Å². The van der Waals surface area contributed by atoms with Crippen LogP contribution in [-0.2, 0) is 30.5 Å². The lowest BCUT2D eigenvalue weighted by Gasteiger charge is -2.35. The normalized spacial score (nSPS) is 16.1. The highest BCUT2D eigenvalue weighted by Crippen LogP contribution is 2.17. The first-order valence-corrected chi connectivity index (χ1v) is 10.7. The quantitative estimate of drug-likeness (QED) is 0.497. The highest BCUT2D eigenvalue weighted by atomic mass is 16.5. The predicted octanol–water partition coefficient (Wildman–Crippen LogP) is 1.93. The second kappa shape index (κ2) is 11.1. The molecule has 8 nitrogen and oxygen atoms in total. The van der Waals surface area contributed by atoms with E-state index in [4.69, 9.17) is 4.74 Å². The van der Waals surface area contributed by atoms with Crippen molar-refractivity contribution in [2.75, 3.05) is 13.1 Å². The number of hydrogen-bond donors (Lipinski definition) is 2. The maximum Gasteiger partial charge on any atom is 0.308 e. The van der Waals surface area contributed by atoms with Crippen LogP contribution in [0.3, 0.4) is 0 Å². The molecular weight excluding hydrogens is 422 g/mol. The van der Waals surface area contributed by atoms with Crippen LogP contribution in [0, 0.1) is 6.92 Å². The summed E-state index contributed by atoms with van der Waals surface area (Å²) in [5.74, 6) is -1.99. The standard InChI is InChI=1S/C25H27N3O5/c1-17-8-6-7-11-20(17)14-21(27-18(2)29)25(32)28-13-12-26-24(31)22(28)15-23(30)33-16-19-9-4-3-5-10-19/h3-11,14,22H,12-13,15-16H2,1-2H3,(H,26,31)(H,27,29)/b21-14+. The minimum atomic E-state index is -1.04. The van der Waals surface area contributed by atoms with Crippen LogP contribution in [0.15, 0.2) is 60.3 Å². The molecule has 1 fully saturated rings. The van der Waals surface area contributed by atoms with Crippen LogP contribution in [0.2, 0.25) is 0 Å². The zero-order valence-electron chi connectivity index (χ0n) is 18.7. The van der Waals surface area contributed by atoms with Crippen molar-refractivity contribution in [1.29, 1.82) is 0 Å². The van der Waals surface area contributed by atoms with Crippen LogP contribution in [0.1, 0.15) is 30.0 Å². The minimum Gasteiger partial charge on any atom is -0.461 e. The molecule has 3 amide bonds. The second-order valence-electron chi connectivity index (χ2n) is 7.75. The van der Waals surface area contributed by atoms with E-state index in [9.17, 15) is 19.2 Å². The summed E-state index contributed by atoms with van der Waals surface area (Å²) < 4.78 is 5.30. The molecule has 1 aliphatic rings. The highest BCUT2D eigenvalue weighted by molar-refractivity contribution is 6.03. The molecule has 33 heavy (non-hydrogen) atoms. The maximum atomic E-state index is 13.4. The Morgan fingerprint density at radius 2 is 1.82 bits per heavy atom. The number of nitrogens with zero attached hydrogens (tertiary/aromatic N) is 1. The van der Waals surface area contributed by atoms with Crippen molar-refractivity contribution in [3.8, 4) is 0 Å². The second-order valence-corrected chi connectivity index (χ2v) is 7.75. The van der Waals surface area contributed by atoms with Crippen molar-refractivity contribution >= 4 is 29.8 Å². The fourth-order valence-electron chi connectivity index (χ4n) is 3.52. The van der Waals surface area contributed by atoms with Gasteiger partial charge >= 0.3 is 5.97 Å². The molecule has 1 aliphatic heterocycles. The summed E-state index contributed by atoms with van der Waals surface area (Å²) >= 11 is 0. The van der Waals surface area contributed by atoms with E-state index in [0.29, 0.717) is 0 Å². The average molecular weight is 450 g/mol. The number of rotatable bonds is 7. The number of piperazine rings is 1. The fraction of sp³-hybridized carbons (Fsp3) is 0.280. The number of ether oxygens (including phenoxy) is 1. The Labute approximate surface area is 192 Å². The lowest BCUT2D eigenvalue weighted by molar-refractivity contribution is -0.152. The summed E-state index contributed by atoms with van der Waals surface area (Å²) in [6.07, 6.45) is 1.29. The maximum absolute atomic E-state index is 13.4. The number of esters is 1. The van der Waals surface area contributed by atoms with E-state index >= 15 is 0 Å². The summed E-state index contributed by atoms with van der Waals surface area (Å²) in [5, 5.41) is 5.26. The van der Waals surface area contributed by atoms with E-state index in [1.165, 1.54) is 11.8 Å². The number of hydrogen-bond acceptors (Lipinski definition) is 5. The van der Waals surface area contributed by atoms with Crippen molar-refractivity contribution in [3.05, 3.63) is 77.0 Å². The third kappa shape index (κ3) is 6.52. The summed E-state index contributed by atoms with van der Waals surface area (Å²) in [5.41, 5.74) is 2.54. The molecule has 172 valence electrons. The number of aryl methyl sites for hydroxylation is 1. The Hall–Kier alpha value is -3.94. The van der Waals surface area contributed by atoms with Gasteiger partial charge in [-0.3, -0.25) is 19.2 Å². The third-order valence-electron chi connectivity index (χ3n) is 5.22. The van der Waals surface area contributed by atoms with E-state index in [0.717, 1.165) is 16.7 Å². The molecule has 1 unspecified atom stereocenters. The fourth-order valence-corrected chi connectivity index (χ4v) is 3.52. The lowest BCUT2D eigenvalue weighted by Crippen LogP contribution is -2.58. The first-order valence-electron chi connectivity index (χ1n) is 10.7. The van der Waals surface area contributed by atoms with E-state index < -0.39 is 29.7 Å². The summed E-state index contributed by atoms with van der Waals surface area (Å²) in [6, 6.07) is 15.6. The van der Waals surface area contributed by atoms with Gasteiger partial charge in [-0.25, -0.2) is 0 Å². The van der Waals surface area contributed by atoms with Gasteiger partial charge in [0, 0.05) is 20.0 Å². The van der Waals surface area contributed by atoms with Crippen molar-refractivity contribution in [3.63, 3.8) is 0 Å². The Morgan fingerprint density at radius 3 is 2.52 bits per heavy atom. The van der Waals surface area contributed by atoms with Crippen molar-refractivity contribution < 1.29 is 23.9 Å². The number of amides is 3. The van der Waals surface area contributed by atoms with Crippen LogP contribution >= 0.6 is 0 Å². The Balaban J connectivity index is 1.78. The first-order chi connectivity index (χ1) is 15.8. The van der Waals surface area contributed by atoms with E-state index in [-0.39, 0.29) is 31.8 Å². The van der Waals surface area contributed by atoms with Crippen LogP contribution in [0.25, 0.3) is 6.08 Å². The van der Waals surface area contributed by atoms with Gasteiger partial charge in [-0.2, -0.15) is 0 Å². The average Bonchev–Trinajstić information content (AvgIpc) is 2.80. The minimum absolute atomic E-state index is 0.0363. The van der Waals surface area contributed by atoms with E-state index in [1.807, 2.05) is 61.5 Å². The van der Waals surface area contributed by atoms with Gasteiger partial charge in [0.15, 0.2) is 0 Å². The molecule has 0 spiro atoms. The molecule has 0 aliphatic carbocycles.